The van der Waals surface area contributed by atoms with Crippen molar-refractivity contribution >= 4 is 10.2 Å². The number of ether oxygens (including phenoxy) is 1. The first-order chi connectivity index (χ1) is 8.56. The Morgan fingerprint density at radius 2 is 2.11 bits per heavy atom. The molecule has 0 aromatic carbocycles. The summed E-state index contributed by atoms with van der Waals surface area (Å²) in [6, 6.07) is 1.92. The van der Waals surface area contributed by atoms with Crippen LogP contribution in [0.15, 0.2) is 0 Å². The summed E-state index contributed by atoms with van der Waals surface area (Å²) >= 11 is 0. The average molecular weight is 276 g/mol. The van der Waals surface area contributed by atoms with Gasteiger partial charge in [-0.3, -0.25) is 4.90 Å². The Morgan fingerprint density at radius 3 is 2.72 bits per heavy atom. The maximum absolute atomic E-state index is 11.7. The highest BCUT2D eigenvalue weighted by atomic mass is 32.2. The van der Waals surface area contributed by atoms with E-state index in [0.717, 1.165) is 17.4 Å². The summed E-state index contributed by atoms with van der Waals surface area (Å²) in [4.78, 5) is 2.15. The molecule has 1 aliphatic rings. The van der Waals surface area contributed by atoms with E-state index in [9.17, 15) is 8.42 Å². The van der Waals surface area contributed by atoms with Gasteiger partial charge in [0, 0.05) is 46.2 Å². The lowest BCUT2D eigenvalue weighted by Gasteiger charge is -2.26. The number of nitrogens with zero attached hydrogens (tertiary/aromatic N) is 3. The normalized spacial score (nSPS) is 17.8. The molecule has 0 unspecified atom stereocenters. The van der Waals surface area contributed by atoms with E-state index in [0.29, 0.717) is 26.3 Å². The summed E-state index contributed by atoms with van der Waals surface area (Å²) in [5.41, 5.74) is 0. The zero-order chi connectivity index (χ0) is 13.4. The van der Waals surface area contributed by atoms with Crippen LogP contribution in [0, 0.1) is 11.3 Å². The molecule has 0 spiro atoms. The van der Waals surface area contributed by atoms with Crippen LogP contribution in [-0.2, 0) is 14.9 Å². The SMILES string of the molecule is CN(CCC#N)S(=O)(=O)NCCN1CCOCC1. The van der Waals surface area contributed by atoms with Crippen molar-refractivity contribution in [2.24, 2.45) is 0 Å². The summed E-state index contributed by atoms with van der Waals surface area (Å²) in [5, 5.41) is 8.42. The van der Waals surface area contributed by atoms with Gasteiger partial charge in [0.05, 0.1) is 19.3 Å². The monoisotopic (exact) mass is 276 g/mol. The number of rotatable bonds is 7. The first kappa shape index (κ1) is 15.3. The highest BCUT2D eigenvalue weighted by molar-refractivity contribution is 7.87. The van der Waals surface area contributed by atoms with Gasteiger partial charge < -0.3 is 4.74 Å². The number of nitriles is 1. The third-order valence-corrected chi connectivity index (χ3v) is 4.34. The van der Waals surface area contributed by atoms with Crippen molar-refractivity contribution in [3.63, 3.8) is 0 Å². The molecule has 0 aliphatic carbocycles. The van der Waals surface area contributed by atoms with Gasteiger partial charge in [-0.2, -0.15) is 18.0 Å². The molecule has 7 nitrogen and oxygen atoms in total. The van der Waals surface area contributed by atoms with Crippen LogP contribution in [0.1, 0.15) is 6.42 Å². The van der Waals surface area contributed by atoms with Crippen LogP contribution in [0.25, 0.3) is 0 Å². The lowest BCUT2D eigenvalue weighted by atomic mass is 10.4. The third kappa shape index (κ3) is 5.29. The first-order valence-corrected chi connectivity index (χ1v) is 7.38. The van der Waals surface area contributed by atoms with E-state index in [2.05, 4.69) is 9.62 Å². The number of nitrogens with one attached hydrogen (secondary N) is 1. The maximum atomic E-state index is 11.7. The zero-order valence-electron chi connectivity index (χ0n) is 10.6. The molecular weight excluding hydrogens is 256 g/mol. The topological polar surface area (TPSA) is 85.7 Å². The Hall–Kier alpha value is -0.720. The molecule has 8 heteroatoms. The van der Waals surface area contributed by atoms with E-state index in [1.165, 1.54) is 7.05 Å². The van der Waals surface area contributed by atoms with E-state index in [1.807, 2.05) is 6.07 Å². The van der Waals surface area contributed by atoms with Crippen molar-refractivity contribution in [3.8, 4) is 6.07 Å². The Kier molecular flexibility index (Phi) is 6.52. The van der Waals surface area contributed by atoms with Crippen molar-refractivity contribution in [1.29, 1.82) is 5.26 Å². The standard InChI is InChI=1S/C10H20N4O3S/c1-13(5-2-3-11)18(15,16)12-4-6-14-7-9-17-10-8-14/h12H,2,4-10H2,1H3. The molecule has 1 N–H and O–H groups in total. The Balaban J connectivity index is 2.26. The summed E-state index contributed by atoms with van der Waals surface area (Å²) in [6.07, 6.45) is 0.195. The molecule has 1 fully saturated rings. The molecule has 0 atom stereocenters. The fourth-order valence-electron chi connectivity index (χ4n) is 1.60. The summed E-state index contributed by atoms with van der Waals surface area (Å²) in [5.74, 6) is 0. The predicted molar refractivity (Wildman–Crippen MR) is 67.0 cm³/mol. The number of morpholine rings is 1. The van der Waals surface area contributed by atoms with E-state index >= 15 is 0 Å². The largest absolute Gasteiger partial charge is 0.379 e. The van der Waals surface area contributed by atoms with E-state index in [-0.39, 0.29) is 13.0 Å². The summed E-state index contributed by atoms with van der Waals surface area (Å²) < 4.78 is 32.4. The number of hydrogen-bond donors (Lipinski definition) is 1. The molecule has 1 heterocycles. The quantitative estimate of drug-likeness (QED) is 0.644. The lowest BCUT2D eigenvalue weighted by Crippen LogP contribution is -2.44. The first-order valence-electron chi connectivity index (χ1n) is 5.94. The Bertz CT molecular complexity index is 373. The van der Waals surface area contributed by atoms with Crippen LogP contribution < -0.4 is 4.72 Å². The van der Waals surface area contributed by atoms with Crippen molar-refractivity contribution in [2.75, 3.05) is 53.0 Å². The second-order valence-electron chi connectivity index (χ2n) is 4.08. The predicted octanol–water partition coefficient (Wildman–Crippen LogP) is -1.00. The third-order valence-electron chi connectivity index (χ3n) is 2.77. The summed E-state index contributed by atoms with van der Waals surface area (Å²) in [6.45, 7) is 4.35. The second kappa shape index (κ2) is 7.66. The molecule has 18 heavy (non-hydrogen) atoms. The van der Waals surface area contributed by atoms with Crippen molar-refractivity contribution in [3.05, 3.63) is 0 Å². The minimum absolute atomic E-state index is 0.195. The molecule has 0 aromatic heterocycles. The van der Waals surface area contributed by atoms with Crippen LogP contribution >= 0.6 is 0 Å². The van der Waals surface area contributed by atoms with E-state index in [4.69, 9.17) is 10.00 Å². The molecule has 0 amide bonds. The zero-order valence-corrected chi connectivity index (χ0v) is 11.4. The average Bonchev–Trinajstić information content (AvgIpc) is 2.37. The molecule has 0 aromatic rings. The van der Waals surface area contributed by atoms with Gasteiger partial charge in [-0.25, -0.2) is 4.72 Å². The molecule has 0 saturated carbocycles. The molecule has 1 rings (SSSR count). The highest BCUT2D eigenvalue weighted by Crippen LogP contribution is 1.97. The van der Waals surface area contributed by atoms with Gasteiger partial charge in [-0.05, 0) is 0 Å². The molecular formula is C10H20N4O3S. The van der Waals surface area contributed by atoms with Crippen molar-refractivity contribution in [1.82, 2.24) is 13.9 Å². The lowest BCUT2D eigenvalue weighted by molar-refractivity contribution is 0.0390. The van der Waals surface area contributed by atoms with Crippen LogP contribution in [-0.4, -0.2) is 70.6 Å². The van der Waals surface area contributed by atoms with Crippen molar-refractivity contribution in [2.45, 2.75) is 6.42 Å². The maximum Gasteiger partial charge on any atom is 0.279 e. The molecule has 1 saturated heterocycles. The molecule has 0 bridgehead atoms. The van der Waals surface area contributed by atoms with Gasteiger partial charge in [0.2, 0.25) is 0 Å². The smallest absolute Gasteiger partial charge is 0.279 e. The molecule has 104 valence electrons. The van der Waals surface area contributed by atoms with Crippen LogP contribution in [0.5, 0.6) is 0 Å². The van der Waals surface area contributed by atoms with Gasteiger partial charge in [0.25, 0.3) is 10.2 Å². The minimum Gasteiger partial charge on any atom is -0.379 e. The second-order valence-corrected chi connectivity index (χ2v) is 5.95. The molecule has 1 aliphatic heterocycles. The van der Waals surface area contributed by atoms with Gasteiger partial charge >= 0.3 is 0 Å². The summed E-state index contributed by atoms with van der Waals surface area (Å²) in [7, 11) is -1.99. The van der Waals surface area contributed by atoms with Crippen LogP contribution in [0.2, 0.25) is 0 Å². The fraction of sp³-hybridized carbons (Fsp3) is 0.900. The molecule has 0 radical (unpaired) electrons. The van der Waals surface area contributed by atoms with Crippen LogP contribution in [0.3, 0.4) is 0 Å². The Labute approximate surface area is 108 Å². The van der Waals surface area contributed by atoms with Gasteiger partial charge in [-0.1, -0.05) is 0 Å². The van der Waals surface area contributed by atoms with Gasteiger partial charge in [0.15, 0.2) is 0 Å². The van der Waals surface area contributed by atoms with E-state index in [1.54, 1.807) is 0 Å². The fourth-order valence-corrected chi connectivity index (χ4v) is 2.50. The van der Waals surface area contributed by atoms with Gasteiger partial charge in [0.1, 0.15) is 0 Å². The van der Waals surface area contributed by atoms with Crippen LogP contribution in [0.4, 0.5) is 0 Å². The highest BCUT2D eigenvalue weighted by Gasteiger charge is 2.17. The van der Waals surface area contributed by atoms with Gasteiger partial charge in [-0.15, -0.1) is 0 Å². The number of hydrogen-bond acceptors (Lipinski definition) is 5. The Morgan fingerprint density at radius 1 is 1.44 bits per heavy atom. The minimum atomic E-state index is -3.46. The van der Waals surface area contributed by atoms with Crippen molar-refractivity contribution < 1.29 is 13.2 Å². The van der Waals surface area contributed by atoms with E-state index < -0.39 is 10.2 Å².